The standard InChI is InChI=1S/C24H34O7/c1-12-19(28)23-8-7-17-21(4,5)20(31-14(3)26)16(30-13(2)25)10-22(17,6)18(23)15(27)9-24(12,29)11-23/h15-18,20,27,29H,1,7-11H2,2-6H3. The third kappa shape index (κ3) is 2.88. The lowest BCUT2D eigenvalue weighted by molar-refractivity contribution is -0.251. The zero-order valence-corrected chi connectivity index (χ0v) is 19.1. The van der Waals surface area contributed by atoms with Crippen LogP contribution >= 0.6 is 0 Å². The monoisotopic (exact) mass is 434 g/mol. The van der Waals surface area contributed by atoms with Crippen molar-refractivity contribution >= 4 is 17.7 Å². The van der Waals surface area contributed by atoms with Crippen LogP contribution in [0.25, 0.3) is 0 Å². The van der Waals surface area contributed by atoms with Crippen LogP contribution < -0.4 is 0 Å². The number of carbonyl (C=O) groups excluding carboxylic acids is 3. The minimum absolute atomic E-state index is 0.0225. The molecule has 0 aromatic rings. The fourth-order valence-electron chi connectivity index (χ4n) is 8.31. The fraction of sp³-hybridized carbons (Fsp3) is 0.792. The molecule has 4 aliphatic carbocycles. The Kier molecular flexibility index (Phi) is 4.81. The Morgan fingerprint density at radius 1 is 1.10 bits per heavy atom. The molecule has 172 valence electrons. The Balaban J connectivity index is 1.82. The van der Waals surface area contributed by atoms with Crippen LogP contribution in [-0.2, 0) is 23.9 Å². The topological polar surface area (TPSA) is 110 Å². The molecule has 0 radical (unpaired) electrons. The van der Waals surface area contributed by atoms with Gasteiger partial charge in [-0.15, -0.1) is 0 Å². The summed E-state index contributed by atoms with van der Waals surface area (Å²) in [6.07, 6.45) is -0.204. The molecule has 0 aromatic carbocycles. The van der Waals surface area contributed by atoms with Crippen LogP contribution in [0.3, 0.4) is 0 Å². The van der Waals surface area contributed by atoms with E-state index >= 15 is 0 Å². The summed E-state index contributed by atoms with van der Waals surface area (Å²) in [4.78, 5) is 37.2. The molecule has 0 aromatic heterocycles. The van der Waals surface area contributed by atoms with Crippen molar-refractivity contribution in [2.75, 3.05) is 0 Å². The average Bonchev–Trinajstić information content (AvgIpc) is 2.75. The highest BCUT2D eigenvalue weighted by atomic mass is 16.6. The van der Waals surface area contributed by atoms with E-state index in [2.05, 4.69) is 13.5 Å². The van der Waals surface area contributed by atoms with Gasteiger partial charge in [-0.05, 0) is 37.0 Å². The van der Waals surface area contributed by atoms with Crippen LogP contribution in [0.15, 0.2) is 12.2 Å². The number of Topliss-reactive ketones (excluding diaryl/α,β-unsaturated/α-hetero) is 1. The molecule has 31 heavy (non-hydrogen) atoms. The lowest BCUT2D eigenvalue weighted by Crippen LogP contribution is -2.68. The second kappa shape index (κ2) is 6.64. The molecular weight excluding hydrogens is 400 g/mol. The highest BCUT2D eigenvalue weighted by Gasteiger charge is 2.74. The van der Waals surface area contributed by atoms with Gasteiger partial charge in [-0.1, -0.05) is 27.4 Å². The van der Waals surface area contributed by atoms with Crippen molar-refractivity contribution in [2.24, 2.45) is 28.1 Å². The maximum atomic E-state index is 13.4. The lowest BCUT2D eigenvalue weighted by atomic mass is 9.39. The van der Waals surface area contributed by atoms with Gasteiger partial charge in [0.15, 0.2) is 5.78 Å². The normalized spacial score (nSPS) is 47.9. The summed E-state index contributed by atoms with van der Waals surface area (Å²) in [5, 5.41) is 22.3. The molecule has 1 spiro atoms. The quantitative estimate of drug-likeness (QED) is 0.507. The molecule has 7 nitrogen and oxygen atoms in total. The number of carbonyl (C=O) groups is 3. The van der Waals surface area contributed by atoms with Gasteiger partial charge < -0.3 is 19.7 Å². The Labute approximate surface area is 183 Å². The number of aliphatic hydroxyl groups excluding tert-OH is 1. The first-order valence-electron chi connectivity index (χ1n) is 11.2. The van der Waals surface area contributed by atoms with Crippen molar-refractivity contribution in [3.63, 3.8) is 0 Å². The fourth-order valence-corrected chi connectivity index (χ4v) is 8.31. The Hall–Kier alpha value is -1.73. The van der Waals surface area contributed by atoms with E-state index in [1.807, 2.05) is 13.8 Å². The summed E-state index contributed by atoms with van der Waals surface area (Å²) in [6, 6.07) is 0. The van der Waals surface area contributed by atoms with Gasteiger partial charge in [0.25, 0.3) is 0 Å². The highest BCUT2D eigenvalue weighted by Crippen LogP contribution is 2.72. The molecule has 8 unspecified atom stereocenters. The van der Waals surface area contributed by atoms with E-state index in [1.54, 1.807) is 0 Å². The maximum absolute atomic E-state index is 13.4. The molecule has 2 bridgehead atoms. The number of hydrogen-bond acceptors (Lipinski definition) is 7. The maximum Gasteiger partial charge on any atom is 0.303 e. The van der Waals surface area contributed by atoms with Gasteiger partial charge in [-0.25, -0.2) is 0 Å². The van der Waals surface area contributed by atoms with E-state index < -0.39 is 58.0 Å². The van der Waals surface area contributed by atoms with Crippen molar-refractivity contribution in [2.45, 2.75) is 90.6 Å². The second-order valence-corrected chi connectivity index (χ2v) is 11.2. The first-order chi connectivity index (χ1) is 14.2. The zero-order valence-electron chi connectivity index (χ0n) is 19.1. The van der Waals surface area contributed by atoms with Crippen LogP contribution in [0.4, 0.5) is 0 Å². The molecule has 0 saturated heterocycles. The van der Waals surface area contributed by atoms with Crippen molar-refractivity contribution < 1.29 is 34.1 Å². The highest BCUT2D eigenvalue weighted by molar-refractivity contribution is 6.05. The van der Waals surface area contributed by atoms with Crippen LogP contribution in [0.5, 0.6) is 0 Å². The SMILES string of the molecule is C=C1C(=O)C23CCC4C(C)(C)C(OC(C)=O)C(OC(C)=O)CC4(C)C2C(O)CC1(O)C3. The molecule has 4 aliphatic rings. The van der Waals surface area contributed by atoms with Gasteiger partial charge in [0.1, 0.15) is 12.2 Å². The van der Waals surface area contributed by atoms with Crippen molar-refractivity contribution in [3.8, 4) is 0 Å². The minimum atomic E-state index is -1.35. The van der Waals surface area contributed by atoms with Gasteiger partial charge in [-0.2, -0.15) is 0 Å². The first-order valence-corrected chi connectivity index (χ1v) is 11.2. The summed E-state index contributed by atoms with van der Waals surface area (Å²) in [7, 11) is 0. The second-order valence-electron chi connectivity index (χ2n) is 11.2. The molecule has 4 fully saturated rings. The Morgan fingerprint density at radius 2 is 1.71 bits per heavy atom. The largest absolute Gasteiger partial charge is 0.459 e. The molecule has 0 heterocycles. The summed E-state index contributed by atoms with van der Waals surface area (Å²) >= 11 is 0. The van der Waals surface area contributed by atoms with E-state index in [4.69, 9.17) is 9.47 Å². The number of aliphatic hydroxyl groups is 2. The van der Waals surface area contributed by atoms with Gasteiger partial charge in [-0.3, -0.25) is 14.4 Å². The molecule has 4 saturated carbocycles. The number of hydrogen-bond donors (Lipinski definition) is 2. The van der Waals surface area contributed by atoms with Gasteiger partial charge in [0.05, 0.1) is 11.7 Å². The summed E-state index contributed by atoms with van der Waals surface area (Å²) in [6.45, 7) is 12.6. The van der Waals surface area contributed by atoms with Crippen LogP contribution in [-0.4, -0.2) is 51.8 Å². The number of rotatable bonds is 2. The summed E-state index contributed by atoms with van der Waals surface area (Å²) in [5.74, 6) is -1.42. The Bertz CT molecular complexity index is 862. The van der Waals surface area contributed by atoms with Gasteiger partial charge in [0, 0.05) is 42.6 Å². The average molecular weight is 435 g/mol. The molecule has 0 amide bonds. The minimum Gasteiger partial charge on any atom is -0.459 e. The van der Waals surface area contributed by atoms with Crippen molar-refractivity contribution in [1.82, 2.24) is 0 Å². The first kappa shape index (κ1) is 22.5. The van der Waals surface area contributed by atoms with Crippen LogP contribution in [0.2, 0.25) is 0 Å². The number of esters is 2. The third-order valence-electron chi connectivity index (χ3n) is 9.03. The number of ether oxygens (including phenoxy) is 2. The summed E-state index contributed by atoms with van der Waals surface area (Å²) in [5.41, 5.74) is -3.11. The third-order valence-corrected chi connectivity index (χ3v) is 9.03. The predicted octanol–water partition coefficient (Wildman–Crippen LogP) is 2.32. The smallest absolute Gasteiger partial charge is 0.303 e. The van der Waals surface area contributed by atoms with Crippen molar-refractivity contribution in [1.29, 1.82) is 0 Å². The summed E-state index contributed by atoms with van der Waals surface area (Å²) < 4.78 is 11.4. The molecule has 2 N–H and O–H groups in total. The predicted molar refractivity (Wildman–Crippen MR) is 111 cm³/mol. The van der Waals surface area contributed by atoms with E-state index in [1.165, 1.54) is 13.8 Å². The molecular formula is C24H34O7. The van der Waals surface area contributed by atoms with E-state index in [9.17, 15) is 24.6 Å². The molecule has 7 heteroatoms. The molecule has 4 rings (SSSR count). The van der Waals surface area contributed by atoms with E-state index in [0.717, 1.165) is 0 Å². The molecule has 0 aliphatic heterocycles. The molecule has 8 atom stereocenters. The number of ketones is 1. The van der Waals surface area contributed by atoms with Gasteiger partial charge >= 0.3 is 11.9 Å². The zero-order chi connectivity index (χ0) is 23.1. The van der Waals surface area contributed by atoms with Crippen LogP contribution in [0, 0.1) is 28.1 Å². The number of fused-ring (bicyclic) bond motifs is 3. The van der Waals surface area contributed by atoms with E-state index in [0.29, 0.717) is 19.3 Å². The van der Waals surface area contributed by atoms with E-state index in [-0.39, 0.29) is 30.1 Å². The van der Waals surface area contributed by atoms with Crippen molar-refractivity contribution in [3.05, 3.63) is 12.2 Å². The van der Waals surface area contributed by atoms with Gasteiger partial charge in [0.2, 0.25) is 0 Å². The lowest BCUT2D eigenvalue weighted by Gasteiger charge is -2.66. The Morgan fingerprint density at radius 3 is 2.29 bits per heavy atom. The van der Waals surface area contributed by atoms with Crippen LogP contribution in [0.1, 0.15) is 66.7 Å².